The van der Waals surface area contributed by atoms with Crippen molar-refractivity contribution < 1.29 is 9.21 Å². The van der Waals surface area contributed by atoms with E-state index in [0.29, 0.717) is 22.9 Å². The summed E-state index contributed by atoms with van der Waals surface area (Å²) in [6, 6.07) is 11.1. The lowest BCUT2D eigenvalue weighted by Gasteiger charge is -2.44. The summed E-state index contributed by atoms with van der Waals surface area (Å²) in [7, 11) is 0. The fraction of sp³-hybridized carbons (Fsp3) is 0.550. The van der Waals surface area contributed by atoms with Crippen molar-refractivity contribution >= 4 is 23.4 Å². The van der Waals surface area contributed by atoms with Gasteiger partial charge in [-0.2, -0.15) is 0 Å². The van der Waals surface area contributed by atoms with E-state index in [-0.39, 0.29) is 5.91 Å². The van der Waals surface area contributed by atoms with E-state index in [9.17, 15) is 4.79 Å². The van der Waals surface area contributed by atoms with Crippen LogP contribution in [0.4, 0.5) is 5.69 Å². The Hall–Kier alpha value is -2.06. The molecule has 4 rings (SSSR count). The third-order valence-electron chi connectivity index (χ3n) is 5.53. The van der Waals surface area contributed by atoms with Gasteiger partial charge in [-0.05, 0) is 25.0 Å². The minimum Gasteiger partial charge on any atom is -0.416 e. The van der Waals surface area contributed by atoms with Crippen molar-refractivity contribution in [1.29, 1.82) is 0 Å². The van der Waals surface area contributed by atoms with E-state index in [1.807, 2.05) is 4.90 Å². The van der Waals surface area contributed by atoms with Gasteiger partial charge in [-0.3, -0.25) is 9.69 Å². The standard InChI is InChI=1S/C20H27N5O2S/c1-16-21-22-20(27-16)28-15-19(26)25-9-5-8-18(14-25)24-12-10-23(11-13-24)17-6-3-2-4-7-17/h2-4,6-7,18H,5,8-15H2,1H3. The van der Waals surface area contributed by atoms with Gasteiger partial charge in [0.05, 0.1) is 5.75 Å². The van der Waals surface area contributed by atoms with Crippen molar-refractivity contribution in [3.63, 3.8) is 0 Å². The van der Waals surface area contributed by atoms with Gasteiger partial charge in [-0.15, -0.1) is 10.2 Å². The SMILES string of the molecule is Cc1nnc(SCC(=O)N2CCCC(N3CCN(c4ccccc4)CC3)C2)o1. The highest BCUT2D eigenvalue weighted by atomic mass is 32.2. The quantitative estimate of drug-likeness (QED) is 0.712. The fourth-order valence-electron chi connectivity index (χ4n) is 4.01. The van der Waals surface area contributed by atoms with Crippen LogP contribution in [0.5, 0.6) is 0 Å². The first kappa shape index (κ1) is 19.3. The van der Waals surface area contributed by atoms with E-state index in [2.05, 4.69) is 50.3 Å². The molecule has 1 amide bonds. The van der Waals surface area contributed by atoms with Crippen molar-refractivity contribution in [3.05, 3.63) is 36.2 Å². The number of piperazine rings is 1. The first-order chi connectivity index (χ1) is 13.7. The highest BCUT2D eigenvalue weighted by molar-refractivity contribution is 7.99. The molecular weight excluding hydrogens is 374 g/mol. The Labute approximate surface area is 170 Å². The zero-order valence-electron chi connectivity index (χ0n) is 16.3. The molecule has 150 valence electrons. The van der Waals surface area contributed by atoms with Crippen LogP contribution in [0.25, 0.3) is 0 Å². The second-order valence-electron chi connectivity index (χ2n) is 7.37. The van der Waals surface area contributed by atoms with Crippen LogP contribution >= 0.6 is 11.8 Å². The van der Waals surface area contributed by atoms with E-state index < -0.39 is 0 Å². The predicted molar refractivity (Wildman–Crippen MR) is 110 cm³/mol. The number of carbonyl (C=O) groups excluding carboxylic acids is 1. The number of thioether (sulfide) groups is 1. The molecule has 3 heterocycles. The maximum Gasteiger partial charge on any atom is 0.277 e. The van der Waals surface area contributed by atoms with Crippen LogP contribution in [0.2, 0.25) is 0 Å². The maximum atomic E-state index is 12.6. The molecule has 1 unspecified atom stereocenters. The summed E-state index contributed by atoms with van der Waals surface area (Å²) in [5.74, 6) is 1.05. The number of aryl methyl sites for hydroxylation is 1. The average Bonchev–Trinajstić information content (AvgIpc) is 3.18. The fourth-order valence-corrected chi connectivity index (χ4v) is 4.72. The number of piperidine rings is 1. The molecule has 0 N–H and O–H groups in total. The summed E-state index contributed by atoms with van der Waals surface area (Å²) in [6.07, 6.45) is 2.24. The Morgan fingerprint density at radius 2 is 1.93 bits per heavy atom. The van der Waals surface area contributed by atoms with Gasteiger partial charge >= 0.3 is 0 Å². The Kier molecular flexibility index (Phi) is 6.17. The lowest BCUT2D eigenvalue weighted by molar-refractivity contribution is -0.130. The minimum absolute atomic E-state index is 0.161. The number of para-hydroxylation sites is 1. The van der Waals surface area contributed by atoms with Crippen molar-refractivity contribution in [3.8, 4) is 0 Å². The molecule has 2 fully saturated rings. The lowest BCUT2D eigenvalue weighted by Crippen LogP contribution is -2.56. The van der Waals surface area contributed by atoms with Crippen molar-refractivity contribution in [2.45, 2.75) is 31.0 Å². The number of anilines is 1. The lowest BCUT2D eigenvalue weighted by atomic mass is 10.0. The molecule has 2 aliphatic heterocycles. The second kappa shape index (κ2) is 8.96. The Morgan fingerprint density at radius 3 is 2.64 bits per heavy atom. The summed E-state index contributed by atoms with van der Waals surface area (Å²) in [6.45, 7) is 7.62. The van der Waals surface area contributed by atoms with E-state index in [0.717, 1.165) is 45.7 Å². The Morgan fingerprint density at radius 1 is 1.14 bits per heavy atom. The number of amides is 1. The normalized spacial score (nSPS) is 21.1. The van der Waals surface area contributed by atoms with E-state index in [4.69, 9.17) is 4.42 Å². The van der Waals surface area contributed by atoms with Crippen LogP contribution in [-0.2, 0) is 4.79 Å². The number of hydrogen-bond donors (Lipinski definition) is 0. The average molecular weight is 402 g/mol. The largest absolute Gasteiger partial charge is 0.416 e. The van der Waals surface area contributed by atoms with Crippen molar-refractivity contribution in [2.75, 3.05) is 49.9 Å². The van der Waals surface area contributed by atoms with Crippen LogP contribution in [0.3, 0.4) is 0 Å². The number of nitrogens with zero attached hydrogens (tertiary/aromatic N) is 5. The molecule has 8 heteroatoms. The van der Waals surface area contributed by atoms with Gasteiger partial charge in [-0.25, -0.2) is 0 Å². The third kappa shape index (κ3) is 4.67. The molecule has 0 aliphatic carbocycles. The maximum absolute atomic E-state index is 12.6. The van der Waals surface area contributed by atoms with E-state index in [1.54, 1.807) is 6.92 Å². The van der Waals surface area contributed by atoms with Gasteiger partial charge in [0.2, 0.25) is 11.8 Å². The summed E-state index contributed by atoms with van der Waals surface area (Å²) >= 11 is 1.33. The molecule has 1 atom stereocenters. The summed E-state index contributed by atoms with van der Waals surface area (Å²) < 4.78 is 5.34. The van der Waals surface area contributed by atoms with Gasteiger partial charge in [0.25, 0.3) is 5.22 Å². The van der Waals surface area contributed by atoms with E-state index >= 15 is 0 Å². The molecular formula is C20H27N5O2S. The molecule has 1 aromatic carbocycles. The molecule has 0 saturated carbocycles. The number of carbonyl (C=O) groups is 1. The van der Waals surface area contributed by atoms with Crippen LogP contribution in [0, 0.1) is 6.92 Å². The van der Waals surface area contributed by atoms with Crippen molar-refractivity contribution in [2.24, 2.45) is 0 Å². The summed E-state index contributed by atoms with van der Waals surface area (Å²) in [4.78, 5) is 19.7. The highest BCUT2D eigenvalue weighted by Gasteiger charge is 2.30. The highest BCUT2D eigenvalue weighted by Crippen LogP contribution is 2.22. The molecule has 2 aliphatic rings. The monoisotopic (exact) mass is 401 g/mol. The molecule has 28 heavy (non-hydrogen) atoms. The molecule has 7 nitrogen and oxygen atoms in total. The minimum atomic E-state index is 0.161. The van der Waals surface area contributed by atoms with Gasteiger partial charge < -0.3 is 14.2 Å². The third-order valence-corrected chi connectivity index (χ3v) is 6.33. The van der Waals surface area contributed by atoms with Gasteiger partial charge in [0.15, 0.2) is 0 Å². The number of benzene rings is 1. The van der Waals surface area contributed by atoms with Crippen LogP contribution in [-0.4, -0.2) is 77.0 Å². The topological polar surface area (TPSA) is 65.7 Å². The zero-order valence-corrected chi connectivity index (χ0v) is 17.1. The van der Waals surface area contributed by atoms with Crippen LogP contribution in [0.15, 0.2) is 40.0 Å². The second-order valence-corrected chi connectivity index (χ2v) is 8.30. The smallest absolute Gasteiger partial charge is 0.277 e. The zero-order chi connectivity index (χ0) is 19.3. The summed E-state index contributed by atoms with van der Waals surface area (Å²) in [5, 5.41) is 8.22. The number of aromatic nitrogens is 2. The van der Waals surface area contributed by atoms with Crippen LogP contribution < -0.4 is 4.90 Å². The van der Waals surface area contributed by atoms with Gasteiger partial charge in [-0.1, -0.05) is 30.0 Å². The molecule has 2 aromatic rings. The van der Waals surface area contributed by atoms with Gasteiger partial charge in [0.1, 0.15) is 0 Å². The Balaban J connectivity index is 1.26. The predicted octanol–water partition coefficient (Wildman–Crippen LogP) is 2.28. The summed E-state index contributed by atoms with van der Waals surface area (Å²) in [5.41, 5.74) is 1.30. The molecule has 1 aromatic heterocycles. The number of rotatable bonds is 5. The Bertz CT molecular complexity index is 776. The van der Waals surface area contributed by atoms with Gasteiger partial charge in [0, 0.05) is 57.9 Å². The molecule has 2 saturated heterocycles. The molecule has 0 bridgehead atoms. The molecule has 0 spiro atoms. The first-order valence-corrected chi connectivity index (χ1v) is 10.9. The van der Waals surface area contributed by atoms with Crippen molar-refractivity contribution in [1.82, 2.24) is 20.0 Å². The van der Waals surface area contributed by atoms with Crippen LogP contribution in [0.1, 0.15) is 18.7 Å². The first-order valence-electron chi connectivity index (χ1n) is 9.94. The van der Waals surface area contributed by atoms with E-state index in [1.165, 1.54) is 23.9 Å². The number of likely N-dealkylation sites (tertiary alicyclic amines) is 1. The molecule has 0 radical (unpaired) electrons. The number of hydrogen-bond acceptors (Lipinski definition) is 7.